The van der Waals surface area contributed by atoms with E-state index >= 15 is 0 Å². The van der Waals surface area contributed by atoms with Gasteiger partial charge in [0.25, 0.3) is 0 Å². The van der Waals surface area contributed by atoms with Gasteiger partial charge in [-0.15, -0.1) is 0 Å². The van der Waals surface area contributed by atoms with Gasteiger partial charge in [0.15, 0.2) is 0 Å². The summed E-state index contributed by atoms with van der Waals surface area (Å²) in [5, 5.41) is 3.42. The van der Waals surface area contributed by atoms with E-state index in [1.165, 1.54) is 38.1 Å². The zero-order valence-corrected chi connectivity index (χ0v) is 11.6. The number of nitrogens with zero attached hydrogens (tertiary/aromatic N) is 3. The first-order chi connectivity index (χ1) is 9.74. The molecule has 1 aliphatic carbocycles. The van der Waals surface area contributed by atoms with Gasteiger partial charge < -0.3 is 5.32 Å². The number of alkyl halides is 2. The summed E-state index contributed by atoms with van der Waals surface area (Å²) in [7, 11) is 0. The summed E-state index contributed by atoms with van der Waals surface area (Å²) in [6.07, 6.45) is 7.67. The summed E-state index contributed by atoms with van der Waals surface area (Å²) in [5.41, 5.74) is 0. The lowest BCUT2D eigenvalue weighted by Gasteiger charge is -2.30. The van der Waals surface area contributed by atoms with Crippen LogP contribution in [0.1, 0.15) is 38.1 Å². The third kappa shape index (κ3) is 3.35. The topological polar surface area (TPSA) is 33.1 Å². The molecule has 1 unspecified atom stereocenters. The van der Waals surface area contributed by atoms with Gasteiger partial charge in [0, 0.05) is 25.0 Å². The number of halogens is 2. The van der Waals surface area contributed by atoms with Gasteiger partial charge in [0.2, 0.25) is 0 Å². The second-order valence-corrected chi connectivity index (χ2v) is 5.90. The lowest BCUT2D eigenvalue weighted by Crippen LogP contribution is -2.39. The van der Waals surface area contributed by atoms with Crippen molar-refractivity contribution in [3.8, 4) is 0 Å². The zero-order valence-electron chi connectivity index (χ0n) is 11.6. The van der Waals surface area contributed by atoms with Gasteiger partial charge in [-0.3, -0.25) is 9.47 Å². The molecule has 112 valence electrons. The third-order valence-corrected chi connectivity index (χ3v) is 4.26. The fraction of sp³-hybridized carbons (Fsp3) is 0.786. The van der Waals surface area contributed by atoms with Crippen molar-refractivity contribution in [3.63, 3.8) is 0 Å². The predicted octanol–water partition coefficient (Wildman–Crippen LogP) is 2.24. The van der Waals surface area contributed by atoms with Crippen LogP contribution >= 0.6 is 0 Å². The van der Waals surface area contributed by atoms with Gasteiger partial charge in [-0.25, -0.2) is 4.98 Å². The Bertz CT molecular complexity index is 425. The highest BCUT2D eigenvalue weighted by atomic mass is 19.3. The smallest absolute Gasteiger partial charge is 0.316 e. The minimum absolute atomic E-state index is 0.482. The molecule has 1 aromatic rings. The molecule has 1 aromatic heterocycles. The molecular formula is C14H22F2N4. The number of nitrogens with one attached hydrogen (secondary N) is 1. The molecule has 0 spiro atoms. The van der Waals surface area contributed by atoms with E-state index in [4.69, 9.17) is 0 Å². The average Bonchev–Trinajstić information content (AvgIpc) is 3.19. The van der Waals surface area contributed by atoms with Gasteiger partial charge in [0.1, 0.15) is 5.82 Å². The molecule has 20 heavy (non-hydrogen) atoms. The number of piperidine rings is 1. The van der Waals surface area contributed by atoms with Crippen LogP contribution < -0.4 is 5.32 Å². The van der Waals surface area contributed by atoms with E-state index in [1.807, 2.05) is 0 Å². The van der Waals surface area contributed by atoms with Crippen LogP contribution in [0.3, 0.4) is 0 Å². The second-order valence-electron chi connectivity index (χ2n) is 5.90. The van der Waals surface area contributed by atoms with Crippen LogP contribution in [0.5, 0.6) is 0 Å². The molecule has 1 atom stereocenters. The van der Waals surface area contributed by atoms with Crippen molar-refractivity contribution in [1.82, 2.24) is 19.8 Å². The van der Waals surface area contributed by atoms with Gasteiger partial charge in [-0.1, -0.05) is 0 Å². The van der Waals surface area contributed by atoms with Crippen LogP contribution in [0.15, 0.2) is 12.4 Å². The summed E-state index contributed by atoms with van der Waals surface area (Å²) < 4.78 is 26.7. The van der Waals surface area contributed by atoms with Gasteiger partial charge in [-0.05, 0) is 44.7 Å². The molecule has 2 heterocycles. The molecule has 2 fully saturated rings. The fourth-order valence-corrected chi connectivity index (χ4v) is 3.02. The molecule has 0 amide bonds. The van der Waals surface area contributed by atoms with Crippen molar-refractivity contribution in [1.29, 1.82) is 0 Å². The summed E-state index contributed by atoms with van der Waals surface area (Å²) >= 11 is 0. The normalized spacial score (nSPS) is 23.7. The molecule has 0 radical (unpaired) electrons. The number of rotatable bonds is 6. The van der Waals surface area contributed by atoms with Crippen molar-refractivity contribution < 1.29 is 8.78 Å². The van der Waals surface area contributed by atoms with Crippen molar-refractivity contribution in [2.75, 3.05) is 19.6 Å². The molecule has 1 saturated carbocycles. The second kappa shape index (κ2) is 6.18. The number of hydrogen-bond acceptors (Lipinski definition) is 3. The van der Waals surface area contributed by atoms with E-state index in [2.05, 4.69) is 15.2 Å². The van der Waals surface area contributed by atoms with E-state index in [0.717, 1.165) is 24.2 Å². The lowest BCUT2D eigenvalue weighted by atomic mass is 9.99. The molecule has 6 heteroatoms. The first kappa shape index (κ1) is 13.9. The van der Waals surface area contributed by atoms with E-state index in [9.17, 15) is 8.78 Å². The maximum absolute atomic E-state index is 12.9. The molecule has 4 nitrogen and oxygen atoms in total. The zero-order chi connectivity index (χ0) is 13.9. The summed E-state index contributed by atoms with van der Waals surface area (Å²) in [4.78, 5) is 6.45. The summed E-state index contributed by atoms with van der Waals surface area (Å²) in [5.74, 6) is 1.12. The number of imidazole rings is 1. The average molecular weight is 284 g/mol. The van der Waals surface area contributed by atoms with Crippen molar-refractivity contribution in [2.45, 2.75) is 44.8 Å². The van der Waals surface area contributed by atoms with Crippen LogP contribution in [-0.2, 0) is 6.54 Å². The molecule has 1 N–H and O–H groups in total. The Morgan fingerprint density at radius 2 is 2.25 bits per heavy atom. The van der Waals surface area contributed by atoms with Crippen molar-refractivity contribution in [2.24, 2.45) is 5.92 Å². The Balaban J connectivity index is 1.63. The Hall–Kier alpha value is -1.01. The monoisotopic (exact) mass is 284 g/mol. The molecule has 0 bridgehead atoms. The Morgan fingerprint density at radius 1 is 1.40 bits per heavy atom. The highest BCUT2D eigenvalue weighted by Crippen LogP contribution is 2.30. The first-order valence-corrected chi connectivity index (χ1v) is 7.48. The number of aromatic nitrogens is 2. The quantitative estimate of drug-likeness (QED) is 0.869. The minimum atomic E-state index is -2.50. The van der Waals surface area contributed by atoms with Crippen LogP contribution in [0.25, 0.3) is 0 Å². The van der Waals surface area contributed by atoms with Crippen LogP contribution in [0, 0.1) is 5.92 Å². The Morgan fingerprint density at radius 3 is 2.90 bits per heavy atom. The van der Waals surface area contributed by atoms with E-state index in [0.29, 0.717) is 24.3 Å². The van der Waals surface area contributed by atoms with E-state index in [1.54, 1.807) is 0 Å². The Kier molecular flexibility index (Phi) is 4.31. The Labute approximate surface area is 118 Å². The van der Waals surface area contributed by atoms with E-state index in [-0.39, 0.29) is 0 Å². The maximum Gasteiger partial charge on any atom is 0.319 e. The van der Waals surface area contributed by atoms with Gasteiger partial charge in [-0.2, -0.15) is 8.78 Å². The molecular weight excluding hydrogens is 262 g/mol. The van der Waals surface area contributed by atoms with Gasteiger partial charge in [0.05, 0.1) is 6.54 Å². The predicted molar refractivity (Wildman–Crippen MR) is 72.5 cm³/mol. The first-order valence-electron chi connectivity index (χ1n) is 7.48. The van der Waals surface area contributed by atoms with Crippen LogP contribution in [-0.4, -0.2) is 40.1 Å². The number of hydrogen-bond donors (Lipinski definition) is 1. The summed E-state index contributed by atoms with van der Waals surface area (Å²) in [6.45, 7) is 1.19. The summed E-state index contributed by atoms with van der Waals surface area (Å²) in [6, 6.07) is 0.569. The van der Waals surface area contributed by atoms with Crippen molar-refractivity contribution >= 4 is 0 Å². The molecule has 1 saturated heterocycles. The lowest BCUT2D eigenvalue weighted by molar-refractivity contribution is 0.0627. The fourth-order valence-electron chi connectivity index (χ4n) is 3.02. The van der Waals surface area contributed by atoms with Crippen molar-refractivity contribution in [3.05, 3.63) is 18.2 Å². The molecule has 2 aliphatic rings. The van der Waals surface area contributed by atoms with Crippen LogP contribution in [0.2, 0.25) is 0 Å². The SMILES string of the molecule is FC(F)n1ccnc1CN(CC1CCCNC1)C1CC1. The minimum Gasteiger partial charge on any atom is -0.316 e. The highest BCUT2D eigenvalue weighted by Gasteiger charge is 2.32. The largest absolute Gasteiger partial charge is 0.319 e. The molecule has 1 aliphatic heterocycles. The maximum atomic E-state index is 12.9. The standard InChI is InChI=1S/C14H22F2N4/c15-14(16)20-7-6-18-13(20)10-19(12-3-4-12)9-11-2-1-5-17-8-11/h6-7,11-12,14,17H,1-5,8-10H2. The van der Waals surface area contributed by atoms with Gasteiger partial charge >= 0.3 is 6.55 Å². The van der Waals surface area contributed by atoms with E-state index < -0.39 is 6.55 Å². The highest BCUT2D eigenvalue weighted by molar-refractivity contribution is 4.96. The molecule has 3 rings (SSSR count). The third-order valence-electron chi connectivity index (χ3n) is 4.26. The molecule has 0 aromatic carbocycles. The van der Waals surface area contributed by atoms with Crippen LogP contribution in [0.4, 0.5) is 8.78 Å².